The summed E-state index contributed by atoms with van der Waals surface area (Å²) in [7, 11) is 3.57. The molecule has 3 rings (SSSR count). The maximum absolute atomic E-state index is 12.2. The van der Waals surface area contributed by atoms with Crippen molar-refractivity contribution >= 4 is 40.8 Å². The van der Waals surface area contributed by atoms with Crippen molar-refractivity contribution in [1.82, 2.24) is 14.9 Å². The molecule has 1 heterocycles. The molecule has 1 aromatic heterocycles. The van der Waals surface area contributed by atoms with Gasteiger partial charge in [0.15, 0.2) is 0 Å². The molecule has 0 bridgehead atoms. The quantitative estimate of drug-likeness (QED) is 0.390. The highest BCUT2D eigenvalue weighted by Gasteiger charge is 2.08. The molecular weight excluding hydrogens is 426 g/mol. The summed E-state index contributed by atoms with van der Waals surface area (Å²) in [6, 6.07) is 15.8. The van der Waals surface area contributed by atoms with E-state index in [4.69, 9.17) is 5.26 Å². The third kappa shape index (κ3) is 6.56. The lowest BCUT2D eigenvalue weighted by Crippen LogP contribution is -2.25. The Bertz CT molecular complexity index is 1190. The van der Waals surface area contributed by atoms with Crippen molar-refractivity contribution in [2.24, 2.45) is 0 Å². The van der Waals surface area contributed by atoms with E-state index in [0.717, 1.165) is 33.8 Å². The Balaban J connectivity index is 1.71. The molecule has 1 amide bonds. The van der Waals surface area contributed by atoms with Gasteiger partial charge in [0.1, 0.15) is 5.82 Å². The SMILES string of the molecule is CNc1ccc(Nc2nccc(Nc3c(C)cc(/C=C/C(=O)N(C)CCC#N)cc3C)n2)cc1. The number of anilines is 5. The van der Waals surface area contributed by atoms with Gasteiger partial charge >= 0.3 is 0 Å². The lowest BCUT2D eigenvalue weighted by Gasteiger charge is -2.15. The van der Waals surface area contributed by atoms with Crippen LogP contribution in [0.2, 0.25) is 0 Å². The van der Waals surface area contributed by atoms with Crippen molar-refractivity contribution in [1.29, 1.82) is 5.26 Å². The van der Waals surface area contributed by atoms with E-state index < -0.39 is 0 Å². The van der Waals surface area contributed by atoms with Crippen LogP contribution in [0.4, 0.5) is 28.8 Å². The number of hydrogen-bond donors (Lipinski definition) is 3. The second kappa shape index (κ2) is 11.5. The summed E-state index contributed by atoms with van der Waals surface area (Å²) in [4.78, 5) is 22.6. The summed E-state index contributed by atoms with van der Waals surface area (Å²) < 4.78 is 0. The van der Waals surface area contributed by atoms with E-state index in [9.17, 15) is 4.79 Å². The minimum absolute atomic E-state index is 0.130. The fourth-order valence-corrected chi connectivity index (χ4v) is 3.38. The van der Waals surface area contributed by atoms with Crippen LogP contribution < -0.4 is 16.0 Å². The van der Waals surface area contributed by atoms with Crippen molar-refractivity contribution in [2.75, 3.05) is 36.6 Å². The molecule has 0 radical (unpaired) electrons. The summed E-state index contributed by atoms with van der Waals surface area (Å²) in [5.41, 5.74) is 5.87. The Kier molecular flexibility index (Phi) is 8.19. The fourth-order valence-electron chi connectivity index (χ4n) is 3.38. The summed E-state index contributed by atoms with van der Waals surface area (Å²) in [5, 5.41) is 18.4. The number of nitrogens with one attached hydrogen (secondary N) is 3. The van der Waals surface area contributed by atoms with Gasteiger partial charge < -0.3 is 20.9 Å². The second-order valence-electron chi connectivity index (χ2n) is 7.87. The molecule has 0 aliphatic rings. The van der Waals surface area contributed by atoms with Crippen LogP contribution in [-0.4, -0.2) is 41.4 Å². The molecule has 0 saturated heterocycles. The number of hydrogen-bond acceptors (Lipinski definition) is 7. The topological polar surface area (TPSA) is 106 Å². The minimum atomic E-state index is -0.130. The standard InChI is InChI=1S/C26H29N7O/c1-18-16-20(6-11-24(34)33(4)15-5-13-27)17-19(2)25(18)31-23-12-14-29-26(32-23)30-22-9-7-21(28-3)8-10-22/h6-12,14,16-17,28H,5,15H2,1-4H3,(H2,29,30,31,32)/b11-6+. The highest BCUT2D eigenvalue weighted by Crippen LogP contribution is 2.26. The number of aryl methyl sites for hydroxylation is 2. The predicted octanol–water partition coefficient (Wildman–Crippen LogP) is 5.01. The van der Waals surface area contributed by atoms with E-state index in [0.29, 0.717) is 24.7 Å². The number of aromatic nitrogens is 2. The van der Waals surface area contributed by atoms with Crippen LogP contribution in [-0.2, 0) is 4.79 Å². The molecule has 3 N–H and O–H groups in total. The number of amides is 1. The van der Waals surface area contributed by atoms with E-state index in [-0.39, 0.29) is 5.91 Å². The zero-order valence-electron chi connectivity index (χ0n) is 19.9. The molecule has 8 nitrogen and oxygen atoms in total. The number of carbonyl (C=O) groups is 1. The van der Waals surface area contributed by atoms with Crippen LogP contribution in [0, 0.1) is 25.2 Å². The summed E-state index contributed by atoms with van der Waals surface area (Å²) in [5.74, 6) is 1.04. The molecular formula is C26H29N7O. The molecule has 8 heteroatoms. The van der Waals surface area contributed by atoms with Gasteiger partial charge in [0.05, 0.1) is 12.5 Å². The van der Waals surface area contributed by atoms with Crippen molar-refractivity contribution < 1.29 is 4.79 Å². The highest BCUT2D eigenvalue weighted by atomic mass is 16.2. The molecule has 0 aliphatic carbocycles. The van der Waals surface area contributed by atoms with Crippen LogP contribution in [0.5, 0.6) is 0 Å². The van der Waals surface area contributed by atoms with Gasteiger partial charge in [-0.15, -0.1) is 0 Å². The van der Waals surface area contributed by atoms with Crippen molar-refractivity contribution in [3.63, 3.8) is 0 Å². The molecule has 0 fully saturated rings. The molecule has 0 saturated carbocycles. The summed E-state index contributed by atoms with van der Waals surface area (Å²) in [6.45, 7) is 4.44. The summed E-state index contributed by atoms with van der Waals surface area (Å²) >= 11 is 0. The van der Waals surface area contributed by atoms with Crippen molar-refractivity contribution in [3.8, 4) is 6.07 Å². The maximum Gasteiger partial charge on any atom is 0.246 e. The number of nitrogens with zero attached hydrogens (tertiary/aromatic N) is 4. The van der Waals surface area contributed by atoms with Gasteiger partial charge in [-0.1, -0.05) is 0 Å². The van der Waals surface area contributed by atoms with E-state index in [1.807, 2.05) is 69.4 Å². The van der Waals surface area contributed by atoms with Crippen LogP contribution in [0.3, 0.4) is 0 Å². The number of benzene rings is 2. The third-order valence-electron chi connectivity index (χ3n) is 5.25. The number of rotatable bonds is 9. The monoisotopic (exact) mass is 455 g/mol. The first kappa shape index (κ1) is 24.3. The van der Waals surface area contributed by atoms with Crippen LogP contribution >= 0.6 is 0 Å². The van der Waals surface area contributed by atoms with Gasteiger partial charge in [0, 0.05) is 50.0 Å². The van der Waals surface area contributed by atoms with Gasteiger partial charge in [-0.3, -0.25) is 4.79 Å². The zero-order valence-corrected chi connectivity index (χ0v) is 19.9. The van der Waals surface area contributed by atoms with Gasteiger partial charge in [0.25, 0.3) is 0 Å². The first-order valence-corrected chi connectivity index (χ1v) is 11.0. The van der Waals surface area contributed by atoms with Crippen molar-refractivity contribution in [2.45, 2.75) is 20.3 Å². The molecule has 0 unspecified atom stereocenters. The maximum atomic E-state index is 12.2. The lowest BCUT2D eigenvalue weighted by atomic mass is 10.0. The predicted molar refractivity (Wildman–Crippen MR) is 137 cm³/mol. The Morgan fingerprint density at radius 3 is 2.41 bits per heavy atom. The smallest absolute Gasteiger partial charge is 0.246 e. The first-order chi connectivity index (χ1) is 16.4. The number of nitriles is 1. The molecule has 3 aromatic rings. The van der Waals surface area contributed by atoms with E-state index >= 15 is 0 Å². The largest absolute Gasteiger partial charge is 0.388 e. The van der Waals surface area contributed by atoms with E-state index in [2.05, 4.69) is 25.9 Å². The Labute approximate surface area is 200 Å². The van der Waals surface area contributed by atoms with E-state index in [1.54, 1.807) is 19.3 Å². The number of likely N-dealkylation sites (N-methyl/N-ethyl adjacent to an activating group) is 1. The molecule has 174 valence electrons. The molecule has 2 aromatic carbocycles. The average Bonchev–Trinajstić information content (AvgIpc) is 2.84. The number of carbonyl (C=O) groups excluding carboxylic acids is 1. The molecule has 0 aliphatic heterocycles. The minimum Gasteiger partial charge on any atom is -0.388 e. The zero-order chi connectivity index (χ0) is 24.5. The van der Waals surface area contributed by atoms with Gasteiger partial charge in [0.2, 0.25) is 11.9 Å². The first-order valence-electron chi connectivity index (χ1n) is 11.0. The Morgan fingerprint density at radius 2 is 1.76 bits per heavy atom. The van der Waals surface area contributed by atoms with Crippen LogP contribution in [0.1, 0.15) is 23.1 Å². The normalized spacial score (nSPS) is 10.6. The van der Waals surface area contributed by atoms with Gasteiger partial charge in [-0.05, 0) is 79.1 Å². The van der Waals surface area contributed by atoms with Gasteiger partial charge in [-0.25, -0.2) is 4.98 Å². The fraction of sp³-hybridized carbons (Fsp3) is 0.231. The molecule has 0 spiro atoms. The molecule has 34 heavy (non-hydrogen) atoms. The average molecular weight is 456 g/mol. The second-order valence-corrected chi connectivity index (χ2v) is 7.87. The van der Waals surface area contributed by atoms with E-state index in [1.165, 1.54) is 11.0 Å². The van der Waals surface area contributed by atoms with Gasteiger partial charge in [-0.2, -0.15) is 10.2 Å². The summed E-state index contributed by atoms with van der Waals surface area (Å²) in [6.07, 6.45) is 5.35. The highest BCUT2D eigenvalue weighted by molar-refractivity contribution is 5.91. The Morgan fingerprint density at radius 1 is 1.09 bits per heavy atom. The van der Waals surface area contributed by atoms with Crippen molar-refractivity contribution in [3.05, 3.63) is 71.4 Å². The lowest BCUT2D eigenvalue weighted by molar-refractivity contribution is -0.124. The van der Waals surface area contributed by atoms with Crippen LogP contribution in [0.25, 0.3) is 6.08 Å². The van der Waals surface area contributed by atoms with Crippen LogP contribution in [0.15, 0.2) is 54.7 Å². The molecule has 0 atom stereocenters. The third-order valence-corrected chi connectivity index (χ3v) is 5.25. The Hall–Kier alpha value is -4.38.